The van der Waals surface area contributed by atoms with E-state index < -0.39 is 0 Å². The zero-order valence-corrected chi connectivity index (χ0v) is 13.6. The molecule has 0 fully saturated rings. The Balaban J connectivity index is 1.86. The highest BCUT2D eigenvalue weighted by Crippen LogP contribution is 2.54. The summed E-state index contributed by atoms with van der Waals surface area (Å²) in [7, 11) is 4.30. The second kappa shape index (κ2) is 4.90. The van der Waals surface area contributed by atoms with Crippen molar-refractivity contribution in [3.63, 3.8) is 0 Å². The van der Waals surface area contributed by atoms with Gasteiger partial charge in [-0.15, -0.1) is 0 Å². The van der Waals surface area contributed by atoms with Crippen LogP contribution in [0.5, 0.6) is 0 Å². The molecule has 2 aliphatic rings. The molecular weight excluding hydrogens is 270 g/mol. The monoisotopic (exact) mass is 293 g/mol. The molecule has 0 spiro atoms. The van der Waals surface area contributed by atoms with Crippen LogP contribution in [-0.4, -0.2) is 42.0 Å². The van der Waals surface area contributed by atoms with Crippen LogP contribution in [0, 0.1) is 0 Å². The van der Waals surface area contributed by atoms with Crippen molar-refractivity contribution >= 4 is 0 Å². The van der Waals surface area contributed by atoms with Gasteiger partial charge in [0.1, 0.15) is 0 Å². The number of benzene rings is 1. The third kappa shape index (κ3) is 1.86. The van der Waals surface area contributed by atoms with Crippen molar-refractivity contribution in [3.8, 4) is 0 Å². The molecule has 0 unspecified atom stereocenters. The molecule has 114 valence electrons. The molecule has 0 N–H and O–H groups in total. The predicted octanol–water partition coefficient (Wildman–Crippen LogP) is 2.82. The third-order valence-corrected chi connectivity index (χ3v) is 5.34. The van der Waals surface area contributed by atoms with Gasteiger partial charge in [0, 0.05) is 31.0 Å². The van der Waals surface area contributed by atoms with Gasteiger partial charge in [0.05, 0.1) is 6.04 Å². The summed E-state index contributed by atoms with van der Waals surface area (Å²) in [5.74, 6) is 0. The van der Waals surface area contributed by atoms with Crippen molar-refractivity contribution in [1.82, 2.24) is 14.8 Å². The molecular formula is C19H23N3. The molecule has 22 heavy (non-hydrogen) atoms. The highest BCUT2D eigenvalue weighted by molar-refractivity contribution is 5.52. The highest BCUT2D eigenvalue weighted by Gasteiger charge is 2.51. The normalized spacial score (nSPS) is 26.1. The SMILES string of the molecule is CN(C)CCN1[C@H]2c3cnccc3C[C@]1(C)c1ccccc12. The number of rotatable bonds is 3. The smallest absolute Gasteiger partial charge is 0.0631 e. The predicted molar refractivity (Wildman–Crippen MR) is 88.8 cm³/mol. The second-order valence-corrected chi connectivity index (χ2v) is 7.01. The lowest BCUT2D eigenvalue weighted by Gasteiger charge is -2.44. The maximum atomic E-state index is 4.40. The van der Waals surface area contributed by atoms with Gasteiger partial charge in [-0.3, -0.25) is 9.88 Å². The maximum Gasteiger partial charge on any atom is 0.0631 e. The van der Waals surface area contributed by atoms with Crippen molar-refractivity contribution in [1.29, 1.82) is 0 Å². The van der Waals surface area contributed by atoms with Crippen LogP contribution in [0.1, 0.15) is 35.2 Å². The summed E-state index contributed by atoms with van der Waals surface area (Å²) >= 11 is 0. The molecule has 2 bridgehead atoms. The van der Waals surface area contributed by atoms with Crippen LogP contribution < -0.4 is 0 Å². The van der Waals surface area contributed by atoms with Gasteiger partial charge in [-0.05, 0) is 55.8 Å². The average Bonchev–Trinajstić information content (AvgIpc) is 2.68. The number of pyridine rings is 1. The summed E-state index contributed by atoms with van der Waals surface area (Å²) in [6.07, 6.45) is 5.08. The summed E-state index contributed by atoms with van der Waals surface area (Å²) in [6.45, 7) is 4.57. The summed E-state index contributed by atoms with van der Waals surface area (Å²) in [6, 6.07) is 11.5. The van der Waals surface area contributed by atoms with E-state index >= 15 is 0 Å². The molecule has 4 rings (SSSR count). The fourth-order valence-corrected chi connectivity index (χ4v) is 4.26. The van der Waals surface area contributed by atoms with Crippen molar-refractivity contribution in [3.05, 3.63) is 65.0 Å². The first-order chi connectivity index (χ1) is 10.6. The summed E-state index contributed by atoms with van der Waals surface area (Å²) < 4.78 is 0. The number of hydrogen-bond acceptors (Lipinski definition) is 3. The van der Waals surface area contributed by atoms with Crippen molar-refractivity contribution < 1.29 is 0 Å². The molecule has 2 atom stereocenters. The first-order valence-electron chi connectivity index (χ1n) is 8.05. The largest absolute Gasteiger partial charge is 0.308 e. The summed E-state index contributed by atoms with van der Waals surface area (Å²) in [5, 5.41) is 0. The Morgan fingerprint density at radius 3 is 2.86 bits per heavy atom. The average molecular weight is 293 g/mol. The molecule has 3 nitrogen and oxygen atoms in total. The van der Waals surface area contributed by atoms with E-state index in [1.807, 2.05) is 6.20 Å². The summed E-state index contributed by atoms with van der Waals surface area (Å²) in [4.78, 5) is 9.36. The molecule has 2 aliphatic heterocycles. The Bertz CT molecular complexity index is 709. The van der Waals surface area contributed by atoms with Gasteiger partial charge in [-0.1, -0.05) is 24.3 Å². The lowest BCUT2D eigenvalue weighted by molar-refractivity contribution is 0.0738. The van der Waals surface area contributed by atoms with Gasteiger partial charge < -0.3 is 4.90 Å². The zero-order valence-electron chi connectivity index (χ0n) is 13.6. The number of likely N-dealkylation sites (N-methyl/N-ethyl adjacent to an activating group) is 1. The molecule has 3 heteroatoms. The van der Waals surface area contributed by atoms with Crippen molar-refractivity contribution in [2.45, 2.75) is 24.9 Å². The van der Waals surface area contributed by atoms with Gasteiger partial charge in [-0.2, -0.15) is 0 Å². The van der Waals surface area contributed by atoms with Gasteiger partial charge in [0.25, 0.3) is 0 Å². The lowest BCUT2D eigenvalue weighted by Crippen LogP contribution is -2.48. The van der Waals surface area contributed by atoms with E-state index in [-0.39, 0.29) is 5.54 Å². The van der Waals surface area contributed by atoms with Gasteiger partial charge in [0.2, 0.25) is 0 Å². The summed E-state index contributed by atoms with van der Waals surface area (Å²) in [5.41, 5.74) is 5.92. The van der Waals surface area contributed by atoms with Gasteiger partial charge in [0.15, 0.2) is 0 Å². The number of nitrogens with zero attached hydrogens (tertiary/aromatic N) is 3. The van der Waals surface area contributed by atoms with Crippen LogP contribution in [0.15, 0.2) is 42.7 Å². The number of aromatic nitrogens is 1. The van der Waals surface area contributed by atoms with E-state index in [2.05, 4.69) is 72.3 Å². The Morgan fingerprint density at radius 2 is 2.05 bits per heavy atom. The molecule has 0 radical (unpaired) electrons. The molecule has 0 aliphatic carbocycles. The van der Waals surface area contributed by atoms with Crippen LogP contribution in [0.25, 0.3) is 0 Å². The minimum Gasteiger partial charge on any atom is -0.308 e. The Kier molecular flexibility index (Phi) is 3.10. The number of fused-ring (bicyclic) bond motifs is 7. The molecule has 0 saturated heterocycles. The Morgan fingerprint density at radius 1 is 1.23 bits per heavy atom. The van der Waals surface area contributed by atoms with Crippen LogP contribution >= 0.6 is 0 Å². The number of hydrogen-bond donors (Lipinski definition) is 0. The van der Waals surface area contributed by atoms with E-state index in [0.717, 1.165) is 19.5 Å². The minimum absolute atomic E-state index is 0.103. The Labute approximate surface area is 132 Å². The molecule has 1 aromatic heterocycles. The standard InChI is InChI=1S/C19H23N3/c1-19-12-14-8-9-20-13-16(14)18(22(19)11-10-21(2)3)15-6-4-5-7-17(15)19/h4-9,13,18H,10-12H2,1-3H3/t18-,19-/m1/s1. The topological polar surface area (TPSA) is 19.4 Å². The van der Waals surface area contributed by atoms with E-state index in [1.54, 1.807) is 0 Å². The highest BCUT2D eigenvalue weighted by atomic mass is 15.3. The first kappa shape index (κ1) is 13.9. The van der Waals surface area contributed by atoms with Crippen LogP contribution in [0.3, 0.4) is 0 Å². The lowest BCUT2D eigenvalue weighted by atomic mass is 9.83. The minimum atomic E-state index is 0.103. The van der Waals surface area contributed by atoms with E-state index in [0.29, 0.717) is 6.04 Å². The van der Waals surface area contributed by atoms with Crippen LogP contribution in [-0.2, 0) is 12.0 Å². The van der Waals surface area contributed by atoms with Crippen molar-refractivity contribution in [2.75, 3.05) is 27.2 Å². The fourth-order valence-electron chi connectivity index (χ4n) is 4.26. The quantitative estimate of drug-likeness (QED) is 0.867. The first-order valence-corrected chi connectivity index (χ1v) is 8.05. The second-order valence-electron chi connectivity index (χ2n) is 7.01. The van der Waals surface area contributed by atoms with Gasteiger partial charge >= 0.3 is 0 Å². The molecule has 0 saturated carbocycles. The molecule has 2 aromatic rings. The van der Waals surface area contributed by atoms with E-state index in [1.165, 1.54) is 22.3 Å². The van der Waals surface area contributed by atoms with Crippen LogP contribution in [0.2, 0.25) is 0 Å². The van der Waals surface area contributed by atoms with Crippen molar-refractivity contribution in [2.24, 2.45) is 0 Å². The molecule has 1 aromatic carbocycles. The maximum absolute atomic E-state index is 4.40. The Hall–Kier alpha value is -1.71. The van der Waals surface area contributed by atoms with Crippen LogP contribution in [0.4, 0.5) is 0 Å². The van der Waals surface area contributed by atoms with Gasteiger partial charge in [-0.25, -0.2) is 0 Å². The molecule has 0 amide bonds. The van der Waals surface area contributed by atoms with E-state index in [9.17, 15) is 0 Å². The fraction of sp³-hybridized carbons (Fsp3) is 0.421. The van der Waals surface area contributed by atoms with E-state index in [4.69, 9.17) is 0 Å². The zero-order chi connectivity index (χ0) is 15.3. The third-order valence-electron chi connectivity index (χ3n) is 5.34. The molecule has 3 heterocycles.